The lowest BCUT2D eigenvalue weighted by Crippen LogP contribution is -2.25. The summed E-state index contributed by atoms with van der Waals surface area (Å²) < 4.78 is 21.7. The Kier molecular flexibility index (Phi) is 3.67. The van der Waals surface area contributed by atoms with Crippen LogP contribution in [0.1, 0.15) is 43.6 Å². The number of carbonyl (C=O) groups is 1. The molecule has 25 heavy (non-hydrogen) atoms. The number of fused-ring (bicyclic) bond motifs is 1. The van der Waals surface area contributed by atoms with E-state index in [1.165, 1.54) is 6.07 Å². The zero-order chi connectivity index (χ0) is 17.6. The van der Waals surface area contributed by atoms with Gasteiger partial charge in [-0.2, -0.15) is 5.10 Å². The quantitative estimate of drug-likeness (QED) is 0.772. The summed E-state index contributed by atoms with van der Waals surface area (Å²) in [6.45, 7) is 4.01. The van der Waals surface area contributed by atoms with Crippen LogP contribution in [-0.4, -0.2) is 15.7 Å². The maximum atomic E-state index is 14.0. The topological polar surface area (TPSA) is 60.1 Å². The van der Waals surface area contributed by atoms with Crippen LogP contribution in [0.2, 0.25) is 0 Å². The molecule has 0 spiro atoms. The third-order valence-corrected chi connectivity index (χ3v) is 4.45. The number of hydrogen-bond acceptors (Lipinski definition) is 3. The monoisotopic (exact) mass is 339 g/mol. The lowest BCUT2D eigenvalue weighted by molar-refractivity contribution is -0.116. The molecule has 1 atom stereocenters. The minimum atomic E-state index is -0.335. The second kappa shape index (κ2) is 5.88. The number of anilines is 1. The van der Waals surface area contributed by atoms with Crippen molar-refractivity contribution in [3.05, 3.63) is 59.7 Å². The van der Waals surface area contributed by atoms with Crippen LogP contribution in [0.15, 0.2) is 47.0 Å². The third-order valence-electron chi connectivity index (χ3n) is 4.45. The predicted octanol–water partition coefficient (Wildman–Crippen LogP) is 4.34. The fourth-order valence-electron chi connectivity index (χ4n) is 3.23. The van der Waals surface area contributed by atoms with Crippen molar-refractivity contribution in [1.29, 1.82) is 0 Å². The first-order chi connectivity index (χ1) is 12.0. The van der Waals surface area contributed by atoms with Gasteiger partial charge in [-0.1, -0.05) is 12.1 Å². The van der Waals surface area contributed by atoms with Gasteiger partial charge in [0.2, 0.25) is 5.91 Å². The van der Waals surface area contributed by atoms with Gasteiger partial charge < -0.3 is 9.73 Å². The number of benzene rings is 1. The highest BCUT2D eigenvalue weighted by Gasteiger charge is 2.32. The van der Waals surface area contributed by atoms with Gasteiger partial charge in [0.15, 0.2) is 0 Å². The maximum absolute atomic E-state index is 14.0. The molecule has 4 rings (SSSR count). The standard InChI is InChI=1S/C19H18FN3O2/c1-11(2)23-19-14(10-21-23)13(9-18(24)22-19)17-8-7-16(25-17)12-5-3-4-6-15(12)20/h3-8,10-11,13H,9H2,1-2H3,(H,22,24). The van der Waals surface area contributed by atoms with Crippen LogP contribution in [0.3, 0.4) is 0 Å². The molecule has 6 heteroatoms. The van der Waals surface area contributed by atoms with E-state index in [1.54, 1.807) is 35.1 Å². The van der Waals surface area contributed by atoms with Crippen LogP contribution in [0.5, 0.6) is 0 Å². The number of amides is 1. The normalized spacial score (nSPS) is 16.8. The summed E-state index contributed by atoms with van der Waals surface area (Å²) in [5, 5.41) is 7.28. The van der Waals surface area contributed by atoms with Crippen molar-refractivity contribution in [3.63, 3.8) is 0 Å². The van der Waals surface area contributed by atoms with Gasteiger partial charge >= 0.3 is 0 Å². The number of aromatic nitrogens is 2. The Labute approximate surface area is 144 Å². The molecule has 3 aromatic rings. The van der Waals surface area contributed by atoms with Crippen LogP contribution in [-0.2, 0) is 4.79 Å². The highest BCUT2D eigenvalue weighted by atomic mass is 19.1. The molecule has 1 aromatic carbocycles. The third kappa shape index (κ3) is 2.63. The zero-order valence-corrected chi connectivity index (χ0v) is 14.0. The second-order valence-electron chi connectivity index (χ2n) is 6.47. The van der Waals surface area contributed by atoms with E-state index in [0.29, 0.717) is 22.9 Å². The summed E-state index contributed by atoms with van der Waals surface area (Å²) in [5.74, 6) is 1.16. The van der Waals surface area contributed by atoms with E-state index in [1.807, 2.05) is 19.9 Å². The number of nitrogens with one attached hydrogen (secondary N) is 1. The average Bonchev–Trinajstić information content (AvgIpc) is 3.21. The van der Waals surface area contributed by atoms with Gasteiger partial charge in [0, 0.05) is 18.0 Å². The molecule has 0 saturated carbocycles. The number of furan rings is 1. The van der Waals surface area contributed by atoms with E-state index in [-0.39, 0.29) is 30.1 Å². The van der Waals surface area contributed by atoms with E-state index in [0.717, 1.165) is 5.56 Å². The molecule has 1 aliphatic heterocycles. The van der Waals surface area contributed by atoms with E-state index in [2.05, 4.69) is 10.4 Å². The van der Waals surface area contributed by atoms with Crippen LogP contribution in [0, 0.1) is 5.82 Å². The predicted molar refractivity (Wildman–Crippen MR) is 91.8 cm³/mol. The molecule has 0 fully saturated rings. The highest BCUT2D eigenvalue weighted by molar-refractivity contribution is 5.94. The molecule has 0 aliphatic carbocycles. The summed E-state index contributed by atoms with van der Waals surface area (Å²) in [6.07, 6.45) is 2.05. The molecule has 128 valence electrons. The lowest BCUT2D eigenvalue weighted by atomic mass is 9.92. The Balaban J connectivity index is 1.75. The minimum absolute atomic E-state index is 0.0799. The molecule has 1 unspecified atom stereocenters. The van der Waals surface area contributed by atoms with E-state index < -0.39 is 0 Å². The van der Waals surface area contributed by atoms with Gasteiger partial charge in [-0.3, -0.25) is 4.79 Å². The van der Waals surface area contributed by atoms with Crippen molar-refractivity contribution in [2.24, 2.45) is 0 Å². The number of carbonyl (C=O) groups excluding carboxylic acids is 1. The highest BCUT2D eigenvalue weighted by Crippen LogP contribution is 2.39. The molecular formula is C19H18FN3O2. The number of halogens is 1. The van der Waals surface area contributed by atoms with Crippen molar-refractivity contribution < 1.29 is 13.6 Å². The Morgan fingerprint density at radius 2 is 2.08 bits per heavy atom. The maximum Gasteiger partial charge on any atom is 0.226 e. The molecule has 0 bridgehead atoms. The summed E-state index contributed by atoms with van der Waals surface area (Å²) in [4.78, 5) is 12.2. The molecule has 0 saturated heterocycles. The smallest absolute Gasteiger partial charge is 0.226 e. The van der Waals surface area contributed by atoms with Crippen molar-refractivity contribution in [2.45, 2.75) is 32.2 Å². The van der Waals surface area contributed by atoms with Crippen molar-refractivity contribution in [1.82, 2.24) is 9.78 Å². The molecule has 5 nitrogen and oxygen atoms in total. The van der Waals surface area contributed by atoms with Gasteiger partial charge in [0.05, 0.1) is 17.7 Å². The molecule has 0 radical (unpaired) electrons. The Hall–Kier alpha value is -2.89. The first-order valence-corrected chi connectivity index (χ1v) is 8.26. The van der Waals surface area contributed by atoms with Crippen LogP contribution >= 0.6 is 0 Å². The minimum Gasteiger partial charge on any atom is -0.460 e. The summed E-state index contributed by atoms with van der Waals surface area (Å²) in [7, 11) is 0. The molecule has 2 aromatic heterocycles. The van der Waals surface area contributed by atoms with Gasteiger partial charge in [-0.25, -0.2) is 9.07 Å². The van der Waals surface area contributed by atoms with Crippen LogP contribution in [0.25, 0.3) is 11.3 Å². The largest absolute Gasteiger partial charge is 0.460 e. The van der Waals surface area contributed by atoms with Gasteiger partial charge in [-0.05, 0) is 38.1 Å². The lowest BCUT2D eigenvalue weighted by Gasteiger charge is -2.23. The Bertz CT molecular complexity index is 942. The molecule has 1 amide bonds. The summed E-state index contributed by atoms with van der Waals surface area (Å²) in [6, 6.07) is 10.2. The fraction of sp³-hybridized carbons (Fsp3) is 0.263. The molecule has 3 heterocycles. The zero-order valence-electron chi connectivity index (χ0n) is 14.0. The van der Waals surface area contributed by atoms with Gasteiger partial charge in [0.25, 0.3) is 0 Å². The summed E-state index contributed by atoms with van der Waals surface area (Å²) in [5.41, 5.74) is 1.33. The molecular weight excluding hydrogens is 321 g/mol. The number of hydrogen-bond donors (Lipinski definition) is 1. The van der Waals surface area contributed by atoms with E-state index in [9.17, 15) is 9.18 Å². The van der Waals surface area contributed by atoms with Crippen molar-refractivity contribution in [2.75, 3.05) is 5.32 Å². The first-order valence-electron chi connectivity index (χ1n) is 8.26. The van der Waals surface area contributed by atoms with Gasteiger partial charge in [0.1, 0.15) is 23.2 Å². The van der Waals surface area contributed by atoms with Crippen molar-refractivity contribution >= 4 is 11.7 Å². The number of rotatable bonds is 3. The Morgan fingerprint density at radius 1 is 1.28 bits per heavy atom. The van der Waals surface area contributed by atoms with E-state index >= 15 is 0 Å². The fourth-order valence-corrected chi connectivity index (χ4v) is 3.23. The van der Waals surface area contributed by atoms with E-state index in [4.69, 9.17) is 4.42 Å². The van der Waals surface area contributed by atoms with Crippen LogP contribution in [0.4, 0.5) is 10.2 Å². The first kappa shape index (κ1) is 15.6. The number of nitrogens with zero attached hydrogens (tertiary/aromatic N) is 2. The second-order valence-corrected chi connectivity index (χ2v) is 6.47. The summed E-state index contributed by atoms with van der Waals surface area (Å²) >= 11 is 0. The Morgan fingerprint density at radius 3 is 2.84 bits per heavy atom. The molecule has 1 N–H and O–H groups in total. The SMILES string of the molecule is CC(C)n1ncc2c1NC(=O)CC2c1ccc(-c2ccccc2F)o1. The molecule has 1 aliphatic rings. The van der Waals surface area contributed by atoms with Crippen molar-refractivity contribution in [3.8, 4) is 11.3 Å². The van der Waals surface area contributed by atoms with Crippen LogP contribution < -0.4 is 5.32 Å². The van der Waals surface area contributed by atoms with Gasteiger partial charge in [-0.15, -0.1) is 0 Å². The average molecular weight is 339 g/mol.